The van der Waals surface area contributed by atoms with Gasteiger partial charge in [-0.3, -0.25) is 5.10 Å². The van der Waals surface area contributed by atoms with Crippen molar-refractivity contribution in [1.82, 2.24) is 15.2 Å². The van der Waals surface area contributed by atoms with E-state index in [1.807, 2.05) is 11.8 Å². The average Bonchev–Trinajstić information content (AvgIpc) is 2.71. The molecule has 1 unspecified atom stereocenters. The van der Waals surface area contributed by atoms with Gasteiger partial charge in [0, 0.05) is 5.92 Å². The summed E-state index contributed by atoms with van der Waals surface area (Å²) in [6, 6.07) is 0. The van der Waals surface area contributed by atoms with Crippen molar-refractivity contribution in [2.45, 2.75) is 44.3 Å². The number of nitrogens with zero attached hydrogens (tertiary/aromatic N) is 2. The highest BCUT2D eigenvalue weighted by molar-refractivity contribution is 8.00. The minimum Gasteiger partial charge on any atom is -0.263 e. The number of H-pyrrole nitrogens is 1. The Morgan fingerprint density at radius 2 is 2.29 bits per heavy atom. The summed E-state index contributed by atoms with van der Waals surface area (Å²) in [6.45, 7) is 6.51. The minimum absolute atomic E-state index is 0.156. The van der Waals surface area contributed by atoms with Crippen molar-refractivity contribution >= 4 is 11.8 Å². The van der Waals surface area contributed by atoms with Crippen LogP contribution in [0.15, 0.2) is 0 Å². The third-order valence-electron chi connectivity index (χ3n) is 2.74. The van der Waals surface area contributed by atoms with Gasteiger partial charge in [-0.2, -0.15) is 5.10 Å². The highest BCUT2D eigenvalue weighted by atomic mass is 32.2. The zero-order chi connectivity index (χ0) is 10.2. The van der Waals surface area contributed by atoms with E-state index in [0.29, 0.717) is 5.92 Å². The lowest BCUT2D eigenvalue weighted by atomic mass is 10.1. The zero-order valence-corrected chi connectivity index (χ0v) is 9.82. The van der Waals surface area contributed by atoms with Gasteiger partial charge in [0.1, 0.15) is 5.82 Å². The maximum absolute atomic E-state index is 4.58. The Morgan fingerprint density at radius 3 is 2.79 bits per heavy atom. The van der Waals surface area contributed by atoms with E-state index in [1.165, 1.54) is 18.6 Å². The predicted molar refractivity (Wildman–Crippen MR) is 59.5 cm³/mol. The largest absolute Gasteiger partial charge is 0.263 e. The Morgan fingerprint density at radius 1 is 1.50 bits per heavy atom. The molecule has 0 spiro atoms. The second kappa shape index (κ2) is 3.57. The maximum atomic E-state index is 4.58. The first-order chi connectivity index (χ1) is 6.62. The predicted octanol–water partition coefficient (Wildman–Crippen LogP) is 2.67. The molecule has 1 aliphatic rings. The van der Waals surface area contributed by atoms with Crippen LogP contribution in [-0.4, -0.2) is 20.9 Å². The van der Waals surface area contributed by atoms with Crippen LogP contribution in [0.4, 0.5) is 0 Å². The van der Waals surface area contributed by atoms with Gasteiger partial charge in [-0.05, 0) is 25.5 Å². The SMILES string of the molecule is CC(C)c1nc(C2(C)CCCS2)n[nH]1. The van der Waals surface area contributed by atoms with Gasteiger partial charge in [0.25, 0.3) is 0 Å². The quantitative estimate of drug-likeness (QED) is 0.817. The van der Waals surface area contributed by atoms with Crippen molar-refractivity contribution < 1.29 is 0 Å². The molecule has 0 amide bonds. The minimum atomic E-state index is 0.156. The Balaban J connectivity index is 2.23. The number of nitrogens with one attached hydrogen (secondary N) is 1. The summed E-state index contributed by atoms with van der Waals surface area (Å²) in [5.41, 5.74) is 0. The van der Waals surface area contributed by atoms with E-state index in [2.05, 4.69) is 36.0 Å². The summed E-state index contributed by atoms with van der Waals surface area (Å²) in [7, 11) is 0. The summed E-state index contributed by atoms with van der Waals surface area (Å²) in [5.74, 6) is 3.67. The summed E-state index contributed by atoms with van der Waals surface area (Å²) in [4.78, 5) is 4.58. The third-order valence-corrected chi connectivity index (χ3v) is 4.26. The van der Waals surface area contributed by atoms with E-state index in [9.17, 15) is 0 Å². The number of hydrogen-bond donors (Lipinski definition) is 1. The molecule has 1 saturated heterocycles. The van der Waals surface area contributed by atoms with Gasteiger partial charge in [0.2, 0.25) is 0 Å². The van der Waals surface area contributed by atoms with Crippen LogP contribution in [0.25, 0.3) is 0 Å². The molecule has 1 atom stereocenters. The third kappa shape index (κ3) is 1.67. The second-order valence-corrected chi connectivity index (χ2v) is 5.98. The summed E-state index contributed by atoms with van der Waals surface area (Å²) in [5, 5.41) is 7.37. The molecule has 1 aromatic heterocycles. The van der Waals surface area contributed by atoms with Gasteiger partial charge < -0.3 is 0 Å². The fourth-order valence-corrected chi connectivity index (χ4v) is 2.97. The zero-order valence-electron chi connectivity index (χ0n) is 9.00. The van der Waals surface area contributed by atoms with Crippen molar-refractivity contribution in [3.05, 3.63) is 11.6 Å². The number of aromatic nitrogens is 3. The average molecular weight is 211 g/mol. The smallest absolute Gasteiger partial charge is 0.166 e. The van der Waals surface area contributed by atoms with E-state index in [-0.39, 0.29) is 4.75 Å². The molecular formula is C10H17N3S. The Kier molecular flexibility index (Phi) is 2.56. The Labute approximate surface area is 89.1 Å². The van der Waals surface area contributed by atoms with Crippen LogP contribution >= 0.6 is 11.8 Å². The summed E-state index contributed by atoms with van der Waals surface area (Å²) in [6.07, 6.45) is 2.49. The van der Waals surface area contributed by atoms with Crippen LogP contribution in [0.3, 0.4) is 0 Å². The Bertz CT molecular complexity index is 313. The lowest BCUT2D eigenvalue weighted by molar-refractivity contribution is 0.606. The molecular weight excluding hydrogens is 194 g/mol. The van der Waals surface area contributed by atoms with Gasteiger partial charge in [0.15, 0.2) is 5.82 Å². The van der Waals surface area contributed by atoms with Gasteiger partial charge >= 0.3 is 0 Å². The van der Waals surface area contributed by atoms with Crippen LogP contribution in [0.5, 0.6) is 0 Å². The molecule has 2 heterocycles. The molecule has 14 heavy (non-hydrogen) atoms. The Hall–Kier alpha value is -0.510. The topological polar surface area (TPSA) is 41.6 Å². The molecule has 0 saturated carbocycles. The fraction of sp³-hybridized carbons (Fsp3) is 0.800. The van der Waals surface area contributed by atoms with Crippen molar-refractivity contribution in [1.29, 1.82) is 0 Å². The number of aromatic amines is 1. The first-order valence-corrected chi connectivity index (χ1v) is 6.17. The first kappa shape index (κ1) is 10.0. The maximum Gasteiger partial charge on any atom is 0.166 e. The van der Waals surface area contributed by atoms with Gasteiger partial charge in [0.05, 0.1) is 4.75 Å². The molecule has 78 valence electrons. The van der Waals surface area contributed by atoms with E-state index in [0.717, 1.165) is 11.6 Å². The van der Waals surface area contributed by atoms with Gasteiger partial charge in [-0.25, -0.2) is 4.98 Å². The van der Waals surface area contributed by atoms with Crippen LogP contribution in [-0.2, 0) is 4.75 Å². The molecule has 1 fully saturated rings. The first-order valence-electron chi connectivity index (χ1n) is 5.18. The standard InChI is InChI=1S/C10H17N3S/c1-7(2)8-11-9(13-12-8)10(3)5-4-6-14-10/h7H,4-6H2,1-3H3,(H,11,12,13). The van der Waals surface area contributed by atoms with Gasteiger partial charge in [-0.15, -0.1) is 11.8 Å². The molecule has 0 aromatic carbocycles. The molecule has 4 heteroatoms. The van der Waals surface area contributed by atoms with Crippen LogP contribution in [0.1, 0.15) is 51.2 Å². The van der Waals surface area contributed by atoms with Crippen LogP contribution < -0.4 is 0 Å². The van der Waals surface area contributed by atoms with Crippen LogP contribution in [0.2, 0.25) is 0 Å². The molecule has 1 N–H and O–H groups in total. The highest BCUT2D eigenvalue weighted by Gasteiger charge is 2.35. The number of hydrogen-bond acceptors (Lipinski definition) is 3. The molecule has 0 aliphatic carbocycles. The molecule has 1 aromatic rings. The van der Waals surface area contributed by atoms with Gasteiger partial charge in [-0.1, -0.05) is 13.8 Å². The van der Waals surface area contributed by atoms with Crippen LogP contribution in [0, 0.1) is 0 Å². The lowest BCUT2D eigenvalue weighted by Gasteiger charge is -2.17. The molecule has 3 nitrogen and oxygen atoms in total. The lowest BCUT2D eigenvalue weighted by Crippen LogP contribution is -2.15. The highest BCUT2D eigenvalue weighted by Crippen LogP contribution is 2.44. The van der Waals surface area contributed by atoms with Crippen molar-refractivity contribution in [3.8, 4) is 0 Å². The molecule has 2 rings (SSSR count). The van der Waals surface area contributed by atoms with Crippen molar-refractivity contribution in [2.24, 2.45) is 0 Å². The summed E-state index contributed by atoms with van der Waals surface area (Å²) >= 11 is 1.98. The van der Waals surface area contributed by atoms with Crippen molar-refractivity contribution in [3.63, 3.8) is 0 Å². The summed E-state index contributed by atoms with van der Waals surface area (Å²) < 4.78 is 0.156. The number of thioether (sulfide) groups is 1. The van der Waals surface area contributed by atoms with E-state index >= 15 is 0 Å². The molecule has 0 bridgehead atoms. The second-order valence-electron chi connectivity index (χ2n) is 4.38. The monoisotopic (exact) mass is 211 g/mol. The van der Waals surface area contributed by atoms with E-state index in [1.54, 1.807) is 0 Å². The molecule has 1 aliphatic heterocycles. The molecule has 0 radical (unpaired) electrons. The van der Waals surface area contributed by atoms with Crippen molar-refractivity contribution in [2.75, 3.05) is 5.75 Å². The van der Waals surface area contributed by atoms with E-state index in [4.69, 9.17) is 0 Å². The normalized spacial score (nSPS) is 27.4. The van der Waals surface area contributed by atoms with E-state index < -0.39 is 0 Å². The fourth-order valence-electron chi connectivity index (χ4n) is 1.72. The number of rotatable bonds is 2.